The zero-order valence-electron chi connectivity index (χ0n) is 11.4. The van der Waals surface area contributed by atoms with Crippen LogP contribution in [0.1, 0.15) is 31.7 Å². The van der Waals surface area contributed by atoms with Gasteiger partial charge in [-0.25, -0.2) is 0 Å². The van der Waals surface area contributed by atoms with E-state index in [9.17, 15) is 0 Å². The molecule has 0 atom stereocenters. The molecule has 0 spiro atoms. The highest BCUT2D eigenvalue weighted by atomic mass is 79.9. The lowest BCUT2D eigenvalue weighted by molar-refractivity contribution is 0.394. The standard InChI is InChI=1S/C15H23BrN2/c1-3-12-6-8-18(9-7-12)15-5-4-14(16)10-13(15)11-17-2/h4-5,10,12,17H,3,6-9,11H2,1-2H3. The van der Waals surface area contributed by atoms with Gasteiger partial charge in [0.25, 0.3) is 0 Å². The van der Waals surface area contributed by atoms with Gasteiger partial charge in [-0.2, -0.15) is 0 Å². The first kappa shape index (κ1) is 13.9. The predicted molar refractivity (Wildman–Crippen MR) is 82.1 cm³/mol. The van der Waals surface area contributed by atoms with Gasteiger partial charge in [-0.05, 0) is 49.6 Å². The number of hydrogen-bond acceptors (Lipinski definition) is 2. The van der Waals surface area contributed by atoms with Crippen LogP contribution in [0.3, 0.4) is 0 Å². The maximum atomic E-state index is 3.56. The molecule has 0 saturated carbocycles. The van der Waals surface area contributed by atoms with Crippen molar-refractivity contribution in [1.29, 1.82) is 0 Å². The molecule has 18 heavy (non-hydrogen) atoms. The van der Waals surface area contributed by atoms with Crippen molar-refractivity contribution >= 4 is 21.6 Å². The fraction of sp³-hybridized carbons (Fsp3) is 0.600. The lowest BCUT2D eigenvalue weighted by atomic mass is 9.94. The monoisotopic (exact) mass is 310 g/mol. The van der Waals surface area contributed by atoms with Crippen LogP contribution in [0.5, 0.6) is 0 Å². The summed E-state index contributed by atoms with van der Waals surface area (Å²) in [5.41, 5.74) is 2.80. The SMILES string of the molecule is CCC1CCN(c2ccc(Br)cc2CNC)CC1. The van der Waals surface area contributed by atoms with Gasteiger partial charge in [0.05, 0.1) is 0 Å². The van der Waals surface area contributed by atoms with E-state index in [0.717, 1.165) is 12.5 Å². The molecule has 0 bridgehead atoms. The van der Waals surface area contributed by atoms with E-state index in [2.05, 4.69) is 51.3 Å². The summed E-state index contributed by atoms with van der Waals surface area (Å²) < 4.78 is 1.17. The largest absolute Gasteiger partial charge is 0.371 e. The van der Waals surface area contributed by atoms with Crippen LogP contribution < -0.4 is 10.2 Å². The van der Waals surface area contributed by atoms with Crippen LogP contribution in [0.4, 0.5) is 5.69 Å². The number of halogens is 1. The molecule has 0 unspecified atom stereocenters. The van der Waals surface area contributed by atoms with Crippen LogP contribution >= 0.6 is 15.9 Å². The summed E-state index contributed by atoms with van der Waals surface area (Å²) in [6.45, 7) is 5.66. The molecule has 1 saturated heterocycles. The second-order valence-electron chi connectivity index (χ2n) is 5.14. The lowest BCUT2D eigenvalue weighted by Gasteiger charge is -2.34. The molecule has 1 heterocycles. The quantitative estimate of drug-likeness (QED) is 0.910. The van der Waals surface area contributed by atoms with Crippen molar-refractivity contribution < 1.29 is 0 Å². The molecule has 2 rings (SSSR count). The van der Waals surface area contributed by atoms with E-state index in [1.54, 1.807) is 0 Å². The second-order valence-corrected chi connectivity index (χ2v) is 6.06. The van der Waals surface area contributed by atoms with Crippen molar-refractivity contribution in [2.45, 2.75) is 32.7 Å². The van der Waals surface area contributed by atoms with E-state index < -0.39 is 0 Å². The van der Waals surface area contributed by atoms with Crippen LogP contribution in [0.15, 0.2) is 22.7 Å². The second kappa shape index (κ2) is 6.58. The van der Waals surface area contributed by atoms with Crippen LogP contribution in [-0.2, 0) is 6.54 Å². The minimum Gasteiger partial charge on any atom is -0.371 e. The van der Waals surface area contributed by atoms with E-state index in [0.29, 0.717) is 0 Å². The molecule has 1 fully saturated rings. The van der Waals surface area contributed by atoms with Gasteiger partial charge in [0.15, 0.2) is 0 Å². The summed E-state index contributed by atoms with van der Waals surface area (Å²) in [6, 6.07) is 6.64. The molecule has 1 aliphatic heterocycles. The zero-order chi connectivity index (χ0) is 13.0. The third-order valence-corrected chi connectivity index (χ3v) is 4.43. The number of benzene rings is 1. The van der Waals surface area contributed by atoms with Crippen molar-refractivity contribution in [3.8, 4) is 0 Å². The first-order chi connectivity index (χ1) is 8.74. The normalized spacial score (nSPS) is 17.2. The van der Waals surface area contributed by atoms with E-state index in [-0.39, 0.29) is 0 Å². The Balaban J connectivity index is 2.13. The van der Waals surface area contributed by atoms with Crippen molar-refractivity contribution in [1.82, 2.24) is 5.32 Å². The summed E-state index contributed by atoms with van der Waals surface area (Å²) in [5, 5.41) is 3.26. The van der Waals surface area contributed by atoms with Crippen LogP contribution in [0, 0.1) is 5.92 Å². The van der Waals surface area contributed by atoms with Gasteiger partial charge < -0.3 is 10.2 Å². The highest BCUT2D eigenvalue weighted by molar-refractivity contribution is 9.10. The van der Waals surface area contributed by atoms with Crippen molar-refractivity contribution in [3.63, 3.8) is 0 Å². The van der Waals surface area contributed by atoms with Gasteiger partial charge in [0, 0.05) is 29.8 Å². The summed E-state index contributed by atoms with van der Waals surface area (Å²) in [5.74, 6) is 0.935. The Morgan fingerprint density at radius 2 is 2.06 bits per heavy atom. The summed E-state index contributed by atoms with van der Waals surface area (Å²) >= 11 is 3.56. The number of rotatable bonds is 4. The Morgan fingerprint density at radius 1 is 1.33 bits per heavy atom. The van der Waals surface area contributed by atoms with E-state index in [1.165, 1.54) is 48.1 Å². The Bertz CT molecular complexity index is 384. The molecule has 0 radical (unpaired) electrons. The molecule has 0 amide bonds. The number of piperidine rings is 1. The van der Waals surface area contributed by atoms with Crippen molar-refractivity contribution in [2.24, 2.45) is 5.92 Å². The third-order valence-electron chi connectivity index (χ3n) is 3.94. The number of hydrogen-bond donors (Lipinski definition) is 1. The summed E-state index contributed by atoms with van der Waals surface area (Å²) in [7, 11) is 2.01. The fourth-order valence-corrected chi connectivity index (χ4v) is 3.19. The molecule has 1 aromatic carbocycles. The molecule has 100 valence electrons. The van der Waals surface area contributed by atoms with E-state index >= 15 is 0 Å². The van der Waals surface area contributed by atoms with Gasteiger partial charge >= 0.3 is 0 Å². The minimum absolute atomic E-state index is 0.933. The number of nitrogens with one attached hydrogen (secondary N) is 1. The first-order valence-electron chi connectivity index (χ1n) is 6.92. The molecule has 1 aromatic rings. The molecule has 0 aromatic heterocycles. The Labute approximate surface area is 119 Å². The minimum atomic E-state index is 0.933. The highest BCUT2D eigenvalue weighted by Gasteiger charge is 2.19. The third kappa shape index (κ3) is 3.27. The Morgan fingerprint density at radius 3 is 2.67 bits per heavy atom. The van der Waals surface area contributed by atoms with Gasteiger partial charge in [0.1, 0.15) is 0 Å². The maximum Gasteiger partial charge on any atom is 0.0412 e. The topological polar surface area (TPSA) is 15.3 Å². The van der Waals surface area contributed by atoms with Crippen molar-refractivity contribution in [3.05, 3.63) is 28.2 Å². The van der Waals surface area contributed by atoms with Gasteiger partial charge in [0.2, 0.25) is 0 Å². The highest BCUT2D eigenvalue weighted by Crippen LogP contribution is 2.29. The summed E-state index contributed by atoms with van der Waals surface area (Å²) in [4.78, 5) is 2.55. The van der Waals surface area contributed by atoms with Crippen molar-refractivity contribution in [2.75, 3.05) is 25.0 Å². The average molecular weight is 311 g/mol. The predicted octanol–water partition coefficient (Wildman–Crippen LogP) is 3.79. The molecular weight excluding hydrogens is 288 g/mol. The molecule has 3 heteroatoms. The van der Waals surface area contributed by atoms with Crippen LogP contribution in [0.2, 0.25) is 0 Å². The zero-order valence-corrected chi connectivity index (χ0v) is 13.0. The van der Waals surface area contributed by atoms with Crippen LogP contribution in [0.25, 0.3) is 0 Å². The molecule has 1 aliphatic rings. The Kier molecular flexibility index (Phi) is 5.07. The maximum absolute atomic E-state index is 3.56. The number of nitrogens with zero attached hydrogens (tertiary/aromatic N) is 1. The molecule has 0 aliphatic carbocycles. The Hall–Kier alpha value is -0.540. The lowest BCUT2D eigenvalue weighted by Crippen LogP contribution is -2.34. The first-order valence-corrected chi connectivity index (χ1v) is 7.72. The number of anilines is 1. The molecular formula is C15H23BrN2. The van der Waals surface area contributed by atoms with Crippen LogP contribution in [-0.4, -0.2) is 20.1 Å². The molecule has 1 N–H and O–H groups in total. The van der Waals surface area contributed by atoms with E-state index in [1.807, 2.05) is 7.05 Å². The van der Waals surface area contributed by atoms with Gasteiger partial charge in [-0.15, -0.1) is 0 Å². The van der Waals surface area contributed by atoms with Gasteiger partial charge in [-0.1, -0.05) is 29.3 Å². The fourth-order valence-electron chi connectivity index (χ4n) is 2.78. The average Bonchev–Trinajstić information content (AvgIpc) is 2.40. The van der Waals surface area contributed by atoms with Gasteiger partial charge in [-0.3, -0.25) is 0 Å². The van der Waals surface area contributed by atoms with E-state index in [4.69, 9.17) is 0 Å². The smallest absolute Gasteiger partial charge is 0.0412 e. The summed E-state index contributed by atoms with van der Waals surface area (Å²) in [6.07, 6.45) is 4.01. The molecule has 2 nitrogen and oxygen atoms in total.